The van der Waals surface area contributed by atoms with Crippen LogP contribution in [-0.2, 0) is 16.1 Å². The Labute approximate surface area is 178 Å². The highest BCUT2D eigenvalue weighted by Crippen LogP contribution is 2.38. The van der Waals surface area contributed by atoms with Gasteiger partial charge in [0.25, 0.3) is 11.7 Å². The fraction of sp³-hybridized carbons (Fsp3) is 0.182. The molecule has 0 spiro atoms. The fourth-order valence-electron chi connectivity index (χ4n) is 3.56. The normalized spacial score (nSPS) is 18.2. The first-order valence-electron chi connectivity index (χ1n) is 9.47. The number of halogens is 1. The molecule has 7 nitrogen and oxygen atoms in total. The lowest BCUT2D eigenvalue weighted by atomic mass is 9.98. The molecule has 4 rings (SSSR count). The molecular weight excluding hydrogens is 404 g/mol. The first-order chi connectivity index (χ1) is 14.6. The third kappa shape index (κ3) is 3.84. The van der Waals surface area contributed by atoms with Crippen LogP contribution in [0.3, 0.4) is 0 Å². The Morgan fingerprint density at radius 2 is 1.87 bits per heavy atom. The van der Waals surface area contributed by atoms with Crippen molar-refractivity contribution in [2.75, 3.05) is 6.54 Å². The van der Waals surface area contributed by atoms with Gasteiger partial charge in [0.1, 0.15) is 11.8 Å². The number of benzene rings is 1. The number of carbonyl (C=O) groups excluding carboxylic acids is 2. The Balaban J connectivity index is 1.71. The zero-order valence-corrected chi connectivity index (χ0v) is 16.7. The number of aromatic nitrogens is 3. The summed E-state index contributed by atoms with van der Waals surface area (Å²) in [5.41, 5.74) is 0.968. The molecule has 3 aromatic rings. The lowest BCUT2D eigenvalue weighted by molar-refractivity contribution is -0.140. The van der Waals surface area contributed by atoms with Gasteiger partial charge in [0.15, 0.2) is 0 Å². The van der Waals surface area contributed by atoms with Gasteiger partial charge in [0.05, 0.1) is 17.6 Å². The second-order valence-corrected chi connectivity index (χ2v) is 7.34. The maximum Gasteiger partial charge on any atom is 0.295 e. The molecule has 0 saturated carbocycles. The van der Waals surface area contributed by atoms with Crippen LogP contribution in [0.1, 0.15) is 23.7 Å². The smallest absolute Gasteiger partial charge is 0.295 e. The molecule has 1 amide bonds. The maximum atomic E-state index is 12.9. The number of aliphatic hydroxyl groups is 1. The van der Waals surface area contributed by atoms with E-state index in [9.17, 15) is 14.7 Å². The van der Waals surface area contributed by atoms with Crippen LogP contribution < -0.4 is 0 Å². The van der Waals surface area contributed by atoms with Gasteiger partial charge in [-0.1, -0.05) is 17.7 Å². The van der Waals surface area contributed by atoms with E-state index in [4.69, 9.17) is 11.6 Å². The predicted molar refractivity (Wildman–Crippen MR) is 112 cm³/mol. The molecule has 0 aliphatic carbocycles. The lowest BCUT2D eigenvalue weighted by Gasteiger charge is -2.24. The molecule has 3 heterocycles. The number of carbonyl (C=O) groups is 2. The number of Topliss-reactive ketones (excluding diaryl/α,β-unsaturated/α-hetero) is 1. The van der Waals surface area contributed by atoms with Crippen LogP contribution in [0.2, 0.25) is 5.02 Å². The summed E-state index contributed by atoms with van der Waals surface area (Å²) in [4.78, 5) is 35.6. The van der Waals surface area contributed by atoms with E-state index in [0.29, 0.717) is 35.8 Å². The summed E-state index contributed by atoms with van der Waals surface area (Å²) < 4.78 is 1.90. The highest BCUT2D eigenvalue weighted by atomic mass is 35.5. The number of aryl methyl sites for hydroxylation is 1. The summed E-state index contributed by atoms with van der Waals surface area (Å²) >= 11 is 5.93. The van der Waals surface area contributed by atoms with Crippen molar-refractivity contribution in [3.05, 3.63) is 89.2 Å². The van der Waals surface area contributed by atoms with Crippen LogP contribution in [-0.4, -0.2) is 42.8 Å². The first kappa shape index (κ1) is 19.8. The zero-order valence-electron chi connectivity index (χ0n) is 16.0. The van der Waals surface area contributed by atoms with Gasteiger partial charge in [-0.3, -0.25) is 14.6 Å². The first-order valence-corrected chi connectivity index (χ1v) is 9.85. The predicted octanol–water partition coefficient (Wildman–Crippen LogP) is 3.44. The Hall–Kier alpha value is -3.45. The van der Waals surface area contributed by atoms with Crippen LogP contribution in [0.25, 0.3) is 5.76 Å². The van der Waals surface area contributed by atoms with Gasteiger partial charge in [-0.15, -0.1) is 0 Å². The van der Waals surface area contributed by atoms with Crippen LogP contribution in [0.4, 0.5) is 0 Å². The van der Waals surface area contributed by atoms with Crippen molar-refractivity contribution in [2.24, 2.45) is 0 Å². The van der Waals surface area contributed by atoms with E-state index < -0.39 is 17.7 Å². The van der Waals surface area contributed by atoms with Crippen molar-refractivity contribution < 1.29 is 14.7 Å². The van der Waals surface area contributed by atoms with E-state index in [1.54, 1.807) is 61.2 Å². The molecule has 1 aromatic carbocycles. The van der Waals surface area contributed by atoms with E-state index in [1.165, 1.54) is 4.90 Å². The highest BCUT2D eigenvalue weighted by Gasteiger charge is 2.46. The molecule has 1 aliphatic heterocycles. The van der Waals surface area contributed by atoms with E-state index in [0.717, 1.165) is 0 Å². The summed E-state index contributed by atoms with van der Waals surface area (Å²) in [5.74, 6) is -1.61. The third-order valence-corrected chi connectivity index (χ3v) is 5.25. The van der Waals surface area contributed by atoms with Gasteiger partial charge in [-0.05, 0) is 42.8 Å². The van der Waals surface area contributed by atoms with Gasteiger partial charge in [0, 0.05) is 42.3 Å². The average Bonchev–Trinajstić information content (AvgIpc) is 3.37. The van der Waals surface area contributed by atoms with Crippen molar-refractivity contribution in [3.8, 4) is 0 Å². The van der Waals surface area contributed by atoms with Crippen molar-refractivity contribution in [1.29, 1.82) is 0 Å². The van der Waals surface area contributed by atoms with E-state index in [2.05, 4.69) is 9.97 Å². The maximum absolute atomic E-state index is 12.9. The number of pyridine rings is 1. The quantitative estimate of drug-likeness (QED) is 0.373. The van der Waals surface area contributed by atoms with E-state index in [-0.39, 0.29) is 11.3 Å². The van der Waals surface area contributed by atoms with Crippen LogP contribution in [0.5, 0.6) is 0 Å². The minimum absolute atomic E-state index is 0.0312. The van der Waals surface area contributed by atoms with Gasteiger partial charge < -0.3 is 14.6 Å². The Bertz CT molecular complexity index is 1080. The lowest BCUT2D eigenvalue weighted by Crippen LogP contribution is -2.31. The number of hydrogen-bond acceptors (Lipinski definition) is 5. The Morgan fingerprint density at radius 1 is 1.07 bits per heavy atom. The molecule has 1 unspecified atom stereocenters. The summed E-state index contributed by atoms with van der Waals surface area (Å²) in [6.45, 7) is 0.983. The topological polar surface area (TPSA) is 88.3 Å². The number of hydrogen-bond donors (Lipinski definition) is 1. The zero-order chi connectivity index (χ0) is 21.1. The molecule has 0 radical (unpaired) electrons. The molecule has 8 heteroatoms. The Kier molecular flexibility index (Phi) is 5.63. The van der Waals surface area contributed by atoms with E-state index >= 15 is 0 Å². The number of nitrogens with zero attached hydrogens (tertiary/aromatic N) is 4. The van der Waals surface area contributed by atoms with Crippen LogP contribution >= 0.6 is 11.6 Å². The highest BCUT2D eigenvalue weighted by molar-refractivity contribution is 6.46. The minimum atomic E-state index is -0.760. The number of ketones is 1. The average molecular weight is 423 g/mol. The van der Waals surface area contributed by atoms with Crippen LogP contribution in [0, 0.1) is 0 Å². The number of aliphatic hydroxyl groups excluding tert-OH is 1. The molecule has 1 fully saturated rings. The number of imidazole rings is 1. The van der Waals surface area contributed by atoms with Crippen molar-refractivity contribution in [3.63, 3.8) is 0 Å². The third-order valence-electron chi connectivity index (χ3n) is 5.00. The summed E-state index contributed by atoms with van der Waals surface area (Å²) in [6, 6.07) is 11.0. The van der Waals surface area contributed by atoms with Crippen LogP contribution in [0.15, 0.2) is 73.0 Å². The summed E-state index contributed by atoms with van der Waals surface area (Å²) in [5, 5.41) is 11.4. The molecule has 1 N–H and O–H groups in total. The van der Waals surface area contributed by atoms with Crippen molar-refractivity contribution in [1.82, 2.24) is 19.4 Å². The number of rotatable bonds is 6. The van der Waals surface area contributed by atoms with Gasteiger partial charge in [-0.25, -0.2) is 4.98 Å². The molecule has 152 valence electrons. The number of amides is 1. The SMILES string of the molecule is O=C1C(=O)N(CCCn2ccnc2)C(c2ccccn2)C1=C(O)c1ccc(Cl)cc1. The monoisotopic (exact) mass is 422 g/mol. The second kappa shape index (κ2) is 8.51. The standard InChI is InChI=1S/C22H19ClN4O3/c23-16-7-5-15(6-8-16)20(28)18-19(17-4-1-2-9-25-17)27(22(30)21(18)29)12-3-11-26-13-10-24-14-26/h1-2,4-10,13-14,19,28H,3,11-12H2. The molecule has 0 bridgehead atoms. The fourth-order valence-corrected chi connectivity index (χ4v) is 3.69. The molecule has 2 aromatic heterocycles. The van der Waals surface area contributed by atoms with Gasteiger partial charge in [0.2, 0.25) is 0 Å². The molecule has 30 heavy (non-hydrogen) atoms. The van der Waals surface area contributed by atoms with Crippen molar-refractivity contribution >= 4 is 29.1 Å². The van der Waals surface area contributed by atoms with Crippen molar-refractivity contribution in [2.45, 2.75) is 19.0 Å². The molecule has 1 aliphatic rings. The van der Waals surface area contributed by atoms with Gasteiger partial charge in [-0.2, -0.15) is 0 Å². The molecule has 1 atom stereocenters. The van der Waals surface area contributed by atoms with E-state index in [1.807, 2.05) is 10.8 Å². The minimum Gasteiger partial charge on any atom is -0.507 e. The second-order valence-electron chi connectivity index (χ2n) is 6.91. The summed E-state index contributed by atoms with van der Waals surface area (Å²) in [7, 11) is 0. The molecular formula is C22H19ClN4O3. The van der Waals surface area contributed by atoms with Gasteiger partial charge >= 0.3 is 0 Å². The summed E-state index contributed by atoms with van der Waals surface area (Å²) in [6.07, 6.45) is 7.44. The largest absolute Gasteiger partial charge is 0.507 e. The Morgan fingerprint density at radius 3 is 2.53 bits per heavy atom. The number of likely N-dealkylation sites (tertiary alicyclic amines) is 1. The molecule has 1 saturated heterocycles.